The Hall–Kier alpha value is -2.16. The first-order valence-electron chi connectivity index (χ1n) is 9.29. The van der Waals surface area contributed by atoms with E-state index in [1.165, 1.54) is 25.7 Å². The average Bonchev–Trinajstić information content (AvgIpc) is 2.87. The van der Waals surface area contributed by atoms with Crippen LogP contribution in [0.3, 0.4) is 0 Å². The molecule has 1 aliphatic rings. The lowest BCUT2D eigenvalue weighted by Gasteiger charge is -2.19. The van der Waals surface area contributed by atoms with Gasteiger partial charge in [0.05, 0.1) is 11.4 Å². The Morgan fingerprint density at radius 3 is 2.32 bits per heavy atom. The molecule has 0 N–H and O–H groups in total. The summed E-state index contributed by atoms with van der Waals surface area (Å²) in [6, 6.07) is 10.3. The van der Waals surface area contributed by atoms with Crippen LogP contribution in [0.25, 0.3) is 5.65 Å². The third-order valence-electron chi connectivity index (χ3n) is 5.00. The zero-order chi connectivity index (χ0) is 19.7. The SMILES string of the molecule is O=c1n(Cc2ccc(Cl)cc2)nc2ccc(S(=O)(=O)N3CCCCCC3)cn12. The Kier molecular flexibility index (Phi) is 5.27. The van der Waals surface area contributed by atoms with Crippen LogP contribution < -0.4 is 5.69 Å². The maximum Gasteiger partial charge on any atom is 0.350 e. The Morgan fingerprint density at radius 2 is 1.64 bits per heavy atom. The molecule has 1 aromatic carbocycles. The summed E-state index contributed by atoms with van der Waals surface area (Å²) < 4.78 is 30.1. The second-order valence-corrected chi connectivity index (χ2v) is 9.35. The number of hydrogen-bond acceptors (Lipinski definition) is 4. The van der Waals surface area contributed by atoms with Crippen molar-refractivity contribution in [3.8, 4) is 0 Å². The van der Waals surface area contributed by atoms with Crippen molar-refractivity contribution in [3.05, 3.63) is 63.7 Å². The molecule has 0 bridgehead atoms. The molecule has 2 aromatic heterocycles. The van der Waals surface area contributed by atoms with Gasteiger partial charge in [0.15, 0.2) is 5.65 Å². The lowest BCUT2D eigenvalue weighted by Crippen LogP contribution is -2.32. The maximum atomic E-state index is 13.0. The topological polar surface area (TPSA) is 76.7 Å². The van der Waals surface area contributed by atoms with Crippen molar-refractivity contribution < 1.29 is 8.42 Å². The third kappa shape index (κ3) is 3.72. The van der Waals surface area contributed by atoms with Gasteiger partial charge in [-0.2, -0.15) is 4.31 Å². The lowest BCUT2D eigenvalue weighted by molar-refractivity contribution is 0.423. The van der Waals surface area contributed by atoms with Crippen molar-refractivity contribution in [2.45, 2.75) is 37.1 Å². The van der Waals surface area contributed by atoms with Crippen LogP contribution >= 0.6 is 11.6 Å². The van der Waals surface area contributed by atoms with Gasteiger partial charge < -0.3 is 0 Å². The molecule has 3 heterocycles. The van der Waals surface area contributed by atoms with E-state index >= 15 is 0 Å². The van der Waals surface area contributed by atoms with Gasteiger partial charge in [0.25, 0.3) is 0 Å². The van der Waals surface area contributed by atoms with Crippen LogP contribution in [0.2, 0.25) is 5.02 Å². The van der Waals surface area contributed by atoms with Crippen LogP contribution in [0.4, 0.5) is 0 Å². The van der Waals surface area contributed by atoms with E-state index in [9.17, 15) is 13.2 Å². The number of fused-ring (bicyclic) bond motifs is 1. The summed E-state index contributed by atoms with van der Waals surface area (Å²) in [5, 5.41) is 4.93. The zero-order valence-electron chi connectivity index (χ0n) is 15.3. The van der Waals surface area contributed by atoms with Crippen LogP contribution in [-0.4, -0.2) is 40.0 Å². The summed E-state index contributed by atoms with van der Waals surface area (Å²) >= 11 is 5.90. The van der Waals surface area contributed by atoms with Gasteiger partial charge in [0, 0.05) is 24.3 Å². The van der Waals surface area contributed by atoms with Crippen LogP contribution in [0.5, 0.6) is 0 Å². The monoisotopic (exact) mass is 420 g/mol. The maximum absolute atomic E-state index is 13.0. The fourth-order valence-corrected chi connectivity index (χ4v) is 5.09. The summed E-state index contributed by atoms with van der Waals surface area (Å²) in [4.78, 5) is 12.9. The number of hydrogen-bond donors (Lipinski definition) is 0. The predicted molar refractivity (Wildman–Crippen MR) is 107 cm³/mol. The quantitative estimate of drug-likeness (QED) is 0.650. The molecule has 0 saturated carbocycles. The van der Waals surface area contributed by atoms with Crippen LogP contribution in [0.1, 0.15) is 31.2 Å². The molecule has 4 rings (SSSR count). The fraction of sp³-hybridized carbons (Fsp3) is 0.368. The number of pyridine rings is 1. The van der Waals surface area contributed by atoms with Crippen molar-refractivity contribution in [3.63, 3.8) is 0 Å². The number of nitrogens with zero attached hydrogens (tertiary/aromatic N) is 4. The molecule has 0 unspecified atom stereocenters. The van der Waals surface area contributed by atoms with Gasteiger partial charge in [-0.15, -0.1) is 5.10 Å². The normalized spacial score (nSPS) is 16.3. The summed E-state index contributed by atoms with van der Waals surface area (Å²) in [6.45, 7) is 1.32. The Balaban J connectivity index is 1.68. The smallest absolute Gasteiger partial charge is 0.249 e. The van der Waals surface area contributed by atoms with E-state index in [4.69, 9.17) is 11.6 Å². The average molecular weight is 421 g/mol. The highest BCUT2D eigenvalue weighted by molar-refractivity contribution is 7.89. The summed E-state index contributed by atoms with van der Waals surface area (Å²) in [6.07, 6.45) is 5.19. The Morgan fingerprint density at radius 1 is 0.964 bits per heavy atom. The molecule has 0 atom stereocenters. The molecule has 0 radical (unpaired) electrons. The molecule has 7 nitrogen and oxygen atoms in total. The largest absolute Gasteiger partial charge is 0.350 e. The second-order valence-electron chi connectivity index (χ2n) is 6.98. The first-order chi connectivity index (χ1) is 13.4. The minimum atomic E-state index is -3.63. The highest BCUT2D eigenvalue weighted by atomic mass is 35.5. The number of halogens is 1. The van der Waals surface area contributed by atoms with Gasteiger partial charge in [-0.3, -0.25) is 0 Å². The first-order valence-corrected chi connectivity index (χ1v) is 11.1. The molecular formula is C19H21ClN4O3S. The van der Waals surface area contributed by atoms with Crippen LogP contribution in [0, 0.1) is 0 Å². The van der Waals surface area contributed by atoms with E-state index in [1.54, 1.807) is 18.2 Å². The number of benzene rings is 1. The van der Waals surface area contributed by atoms with Crippen molar-refractivity contribution in [2.75, 3.05) is 13.1 Å². The van der Waals surface area contributed by atoms with E-state index < -0.39 is 10.0 Å². The molecule has 148 valence electrons. The van der Waals surface area contributed by atoms with Crippen molar-refractivity contribution in [1.29, 1.82) is 0 Å². The van der Waals surface area contributed by atoms with Gasteiger partial charge in [0.2, 0.25) is 10.0 Å². The summed E-state index contributed by atoms with van der Waals surface area (Å²) in [5.74, 6) is 0. The molecule has 28 heavy (non-hydrogen) atoms. The minimum Gasteiger partial charge on any atom is -0.249 e. The van der Waals surface area contributed by atoms with E-state index in [0.29, 0.717) is 23.8 Å². The highest BCUT2D eigenvalue weighted by Crippen LogP contribution is 2.20. The predicted octanol–water partition coefficient (Wildman–Crippen LogP) is 2.76. The zero-order valence-corrected chi connectivity index (χ0v) is 16.9. The van der Waals surface area contributed by atoms with Crippen molar-refractivity contribution >= 4 is 27.3 Å². The van der Waals surface area contributed by atoms with Gasteiger partial charge in [-0.1, -0.05) is 36.6 Å². The van der Waals surface area contributed by atoms with Gasteiger partial charge >= 0.3 is 5.69 Å². The molecule has 9 heteroatoms. The molecule has 1 fully saturated rings. The molecule has 0 amide bonds. The van der Waals surface area contributed by atoms with E-state index in [2.05, 4.69) is 5.10 Å². The third-order valence-corrected chi connectivity index (χ3v) is 7.13. The molecular weight excluding hydrogens is 400 g/mol. The Labute approximate surface area is 168 Å². The Bertz CT molecular complexity index is 1140. The van der Waals surface area contributed by atoms with Gasteiger partial charge in [0.1, 0.15) is 0 Å². The van der Waals surface area contributed by atoms with Crippen molar-refractivity contribution in [2.24, 2.45) is 0 Å². The minimum absolute atomic E-state index is 0.120. The molecule has 1 saturated heterocycles. The van der Waals surface area contributed by atoms with E-state index in [-0.39, 0.29) is 17.1 Å². The lowest BCUT2D eigenvalue weighted by atomic mass is 10.2. The fourth-order valence-electron chi connectivity index (χ4n) is 3.45. The molecule has 0 aliphatic carbocycles. The molecule has 0 spiro atoms. The van der Waals surface area contributed by atoms with Gasteiger partial charge in [-0.25, -0.2) is 22.3 Å². The van der Waals surface area contributed by atoms with E-state index in [0.717, 1.165) is 31.2 Å². The first kappa shape index (κ1) is 19.2. The van der Waals surface area contributed by atoms with Crippen molar-refractivity contribution in [1.82, 2.24) is 18.5 Å². The number of aromatic nitrogens is 3. The summed E-state index contributed by atoms with van der Waals surface area (Å²) in [7, 11) is -3.63. The molecule has 1 aliphatic heterocycles. The number of rotatable bonds is 4. The standard InChI is InChI=1S/C19H21ClN4O3S/c20-16-7-5-15(6-8-16)13-24-19(25)23-14-17(9-10-18(23)21-24)28(26,27)22-11-3-1-2-4-12-22/h5-10,14H,1-4,11-13H2. The molecule has 3 aromatic rings. The van der Waals surface area contributed by atoms with Gasteiger partial charge in [-0.05, 0) is 42.7 Å². The van der Waals surface area contributed by atoms with E-state index in [1.807, 2.05) is 12.1 Å². The highest BCUT2D eigenvalue weighted by Gasteiger charge is 2.26. The number of sulfonamides is 1. The second kappa shape index (κ2) is 7.69. The summed E-state index contributed by atoms with van der Waals surface area (Å²) in [5.41, 5.74) is 0.916. The van der Waals surface area contributed by atoms with Crippen LogP contribution in [-0.2, 0) is 16.6 Å². The van der Waals surface area contributed by atoms with Crippen LogP contribution in [0.15, 0.2) is 52.3 Å².